The van der Waals surface area contributed by atoms with Gasteiger partial charge in [0, 0.05) is 31.6 Å². The maximum absolute atomic E-state index is 11.9. The van der Waals surface area contributed by atoms with Crippen molar-refractivity contribution in [1.29, 1.82) is 0 Å². The third kappa shape index (κ3) is 3.44. The second-order valence-corrected chi connectivity index (χ2v) is 4.88. The molecule has 0 atom stereocenters. The quantitative estimate of drug-likeness (QED) is 0.858. The number of piperazine rings is 1. The first-order chi connectivity index (χ1) is 8.65. The van der Waals surface area contributed by atoms with Crippen molar-refractivity contribution in [3.63, 3.8) is 0 Å². The number of carboxylic acid groups (broad SMARTS) is 1. The number of aliphatic carboxylic acids is 1. The Labute approximate surface area is 109 Å². The average Bonchev–Trinajstić information content (AvgIpc) is 2.82. The molecule has 2 N–H and O–H groups in total. The minimum Gasteiger partial charge on any atom is -0.480 e. The summed E-state index contributed by atoms with van der Waals surface area (Å²) in [4.78, 5) is 26.0. The molecule has 0 aliphatic carbocycles. The van der Waals surface area contributed by atoms with E-state index >= 15 is 0 Å². The van der Waals surface area contributed by atoms with Crippen molar-refractivity contribution < 1.29 is 14.7 Å². The third-order valence-corrected chi connectivity index (χ3v) is 3.47. The second kappa shape index (κ2) is 5.83. The van der Waals surface area contributed by atoms with Crippen LogP contribution in [0.1, 0.15) is 0 Å². The smallest absolute Gasteiger partial charge is 0.321 e. The molecule has 1 aliphatic heterocycles. The van der Waals surface area contributed by atoms with Crippen LogP contribution in [0.3, 0.4) is 0 Å². The molecule has 0 aromatic carbocycles. The molecule has 0 unspecified atom stereocenters. The van der Waals surface area contributed by atoms with E-state index in [0.29, 0.717) is 26.2 Å². The molecule has 0 bridgehead atoms. The van der Waals surface area contributed by atoms with Gasteiger partial charge in [0.25, 0.3) is 0 Å². The molecule has 0 radical (unpaired) electrons. The lowest BCUT2D eigenvalue weighted by Gasteiger charge is -2.33. The fourth-order valence-corrected chi connectivity index (χ4v) is 2.43. The highest BCUT2D eigenvalue weighted by molar-refractivity contribution is 7.08. The summed E-state index contributed by atoms with van der Waals surface area (Å²) in [6.45, 7) is 2.36. The van der Waals surface area contributed by atoms with Gasteiger partial charge in [0.1, 0.15) is 0 Å². The van der Waals surface area contributed by atoms with Gasteiger partial charge in [0.15, 0.2) is 0 Å². The Bertz CT molecular complexity index is 413. The first-order valence-corrected chi connectivity index (χ1v) is 6.62. The third-order valence-electron chi connectivity index (χ3n) is 2.79. The summed E-state index contributed by atoms with van der Waals surface area (Å²) in [6.07, 6.45) is 0. The maximum Gasteiger partial charge on any atom is 0.321 e. The molecule has 0 spiro atoms. The normalized spacial score (nSPS) is 16.6. The molecule has 2 amide bonds. The van der Waals surface area contributed by atoms with E-state index in [-0.39, 0.29) is 12.6 Å². The second-order valence-electron chi connectivity index (χ2n) is 4.10. The molecule has 1 aliphatic rings. The van der Waals surface area contributed by atoms with Gasteiger partial charge in [0.2, 0.25) is 0 Å². The SMILES string of the molecule is O=C(O)CN1CCN(C(=O)Nc2ccsc2)CC1. The van der Waals surface area contributed by atoms with Gasteiger partial charge in [-0.15, -0.1) is 0 Å². The Morgan fingerprint density at radius 1 is 1.33 bits per heavy atom. The highest BCUT2D eigenvalue weighted by Gasteiger charge is 2.22. The zero-order chi connectivity index (χ0) is 13.0. The number of anilines is 1. The zero-order valence-electron chi connectivity index (χ0n) is 9.83. The molecule has 98 valence electrons. The number of amides is 2. The molecular formula is C11H15N3O3S. The fraction of sp³-hybridized carbons (Fsp3) is 0.455. The first kappa shape index (κ1) is 12.8. The Morgan fingerprint density at radius 2 is 2.06 bits per heavy atom. The topological polar surface area (TPSA) is 72.9 Å². The molecule has 1 aromatic heterocycles. The lowest BCUT2D eigenvalue weighted by atomic mass is 10.3. The summed E-state index contributed by atoms with van der Waals surface area (Å²) < 4.78 is 0. The number of carboxylic acids is 1. The summed E-state index contributed by atoms with van der Waals surface area (Å²) in [5.74, 6) is -0.828. The Balaban J connectivity index is 1.79. The van der Waals surface area contributed by atoms with Gasteiger partial charge in [-0.1, -0.05) is 0 Å². The number of nitrogens with one attached hydrogen (secondary N) is 1. The molecule has 2 heterocycles. The number of urea groups is 1. The van der Waals surface area contributed by atoms with Crippen LogP contribution in [-0.4, -0.2) is 59.6 Å². The minimum atomic E-state index is -0.828. The largest absolute Gasteiger partial charge is 0.480 e. The number of rotatable bonds is 3. The standard InChI is InChI=1S/C11H15N3O3S/c15-10(16)7-13-2-4-14(5-3-13)11(17)12-9-1-6-18-8-9/h1,6,8H,2-5,7H2,(H,12,17)(H,15,16). The van der Waals surface area contributed by atoms with Crippen molar-refractivity contribution in [1.82, 2.24) is 9.80 Å². The lowest BCUT2D eigenvalue weighted by molar-refractivity contribution is -0.138. The molecule has 18 heavy (non-hydrogen) atoms. The van der Waals surface area contributed by atoms with Crippen LogP contribution in [0.5, 0.6) is 0 Å². The molecule has 1 aromatic rings. The molecule has 6 nitrogen and oxygen atoms in total. The van der Waals surface area contributed by atoms with Crippen LogP contribution in [0, 0.1) is 0 Å². The van der Waals surface area contributed by atoms with E-state index in [1.165, 1.54) is 11.3 Å². The number of hydrogen-bond acceptors (Lipinski definition) is 4. The van der Waals surface area contributed by atoms with Crippen LogP contribution < -0.4 is 5.32 Å². The van der Waals surface area contributed by atoms with Gasteiger partial charge in [0.05, 0.1) is 12.2 Å². The van der Waals surface area contributed by atoms with Crippen molar-refractivity contribution in [2.45, 2.75) is 0 Å². The van der Waals surface area contributed by atoms with Crippen molar-refractivity contribution >= 4 is 29.0 Å². The van der Waals surface area contributed by atoms with E-state index in [1.807, 2.05) is 21.7 Å². The summed E-state index contributed by atoms with van der Waals surface area (Å²) in [7, 11) is 0. The number of carbonyl (C=O) groups is 2. The van der Waals surface area contributed by atoms with E-state index in [9.17, 15) is 9.59 Å². The fourth-order valence-electron chi connectivity index (χ4n) is 1.84. The predicted octanol–water partition coefficient (Wildman–Crippen LogP) is 0.982. The monoisotopic (exact) mass is 269 g/mol. The van der Waals surface area contributed by atoms with E-state index in [2.05, 4.69) is 5.32 Å². The predicted molar refractivity (Wildman–Crippen MR) is 69.0 cm³/mol. The van der Waals surface area contributed by atoms with Crippen molar-refractivity contribution in [2.24, 2.45) is 0 Å². The molecule has 1 saturated heterocycles. The van der Waals surface area contributed by atoms with Crippen LogP contribution >= 0.6 is 11.3 Å². The van der Waals surface area contributed by atoms with Crippen molar-refractivity contribution in [2.75, 3.05) is 38.0 Å². The number of nitrogens with zero attached hydrogens (tertiary/aromatic N) is 2. The zero-order valence-corrected chi connectivity index (χ0v) is 10.7. The summed E-state index contributed by atoms with van der Waals surface area (Å²) in [6, 6.07) is 1.73. The van der Waals surface area contributed by atoms with E-state index < -0.39 is 5.97 Å². The van der Waals surface area contributed by atoms with E-state index in [4.69, 9.17) is 5.11 Å². The highest BCUT2D eigenvalue weighted by atomic mass is 32.1. The first-order valence-electron chi connectivity index (χ1n) is 5.67. The van der Waals surface area contributed by atoms with Gasteiger partial charge in [-0.05, 0) is 11.4 Å². The Morgan fingerprint density at radius 3 is 2.61 bits per heavy atom. The minimum absolute atomic E-state index is 0.0417. The summed E-state index contributed by atoms with van der Waals surface area (Å²) >= 11 is 1.53. The van der Waals surface area contributed by atoms with Crippen LogP contribution in [0.25, 0.3) is 0 Å². The Hall–Kier alpha value is -1.60. The number of thiophene rings is 1. The van der Waals surface area contributed by atoms with Gasteiger partial charge < -0.3 is 15.3 Å². The molecule has 1 fully saturated rings. The molecule has 2 rings (SSSR count). The van der Waals surface area contributed by atoms with E-state index in [0.717, 1.165) is 5.69 Å². The van der Waals surface area contributed by atoms with Gasteiger partial charge in [-0.3, -0.25) is 9.69 Å². The molecule has 7 heteroatoms. The highest BCUT2D eigenvalue weighted by Crippen LogP contribution is 2.13. The van der Waals surface area contributed by atoms with Crippen LogP contribution in [-0.2, 0) is 4.79 Å². The summed E-state index contributed by atoms with van der Waals surface area (Å²) in [5, 5.41) is 15.3. The number of carbonyl (C=O) groups excluding carboxylic acids is 1. The van der Waals surface area contributed by atoms with Gasteiger partial charge in [-0.2, -0.15) is 11.3 Å². The average molecular weight is 269 g/mol. The molecular weight excluding hydrogens is 254 g/mol. The lowest BCUT2D eigenvalue weighted by Crippen LogP contribution is -2.51. The van der Waals surface area contributed by atoms with Crippen LogP contribution in [0.15, 0.2) is 16.8 Å². The molecule has 0 saturated carbocycles. The van der Waals surface area contributed by atoms with Gasteiger partial charge >= 0.3 is 12.0 Å². The van der Waals surface area contributed by atoms with E-state index in [1.54, 1.807) is 4.90 Å². The van der Waals surface area contributed by atoms with Crippen LogP contribution in [0.2, 0.25) is 0 Å². The number of hydrogen-bond donors (Lipinski definition) is 2. The Kier molecular flexibility index (Phi) is 4.16. The summed E-state index contributed by atoms with van der Waals surface area (Å²) in [5.41, 5.74) is 0.804. The van der Waals surface area contributed by atoms with Crippen molar-refractivity contribution in [3.8, 4) is 0 Å². The van der Waals surface area contributed by atoms with Crippen LogP contribution in [0.4, 0.5) is 10.5 Å². The maximum atomic E-state index is 11.9. The van der Waals surface area contributed by atoms with Crippen molar-refractivity contribution in [3.05, 3.63) is 16.8 Å². The van der Waals surface area contributed by atoms with Gasteiger partial charge in [-0.25, -0.2) is 4.79 Å².